The average Bonchev–Trinajstić information content (AvgIpc) is 1.21. The van der Waals surface area contributed by atoms with Crippen LogP contribution in [0.3, 0.4) is 0 Å². The van der Waals surface area contributed by atoms with Gasteiger partial charge in [0.15, 0.2) is 0 Å². The minimum atomic E-state index is -4.78. The van der Waals surface area contributed by atoms with Gasteiger partial charge >= 0.3 is 31.5 Å². The Morgan fingerprint density at radius 1 is 1.50 bits per heavy atom. The Morgan fingerprint density at radius 3 is 1.88 bits per heavy atom. The second-order valence-electron chi connectivity index (χ2n) is 0.680. The fourth-order valence-corrected chi connectivity index (χ4v) is 1.31. The molecule has 50 valence electrons. The quantitative estimate of drug-likeness (QED) is 0.389. The standard InChI is InChI=1S/HIO6S/c2-1(3)7-8(4,5)6/h(H,4,5,6). The van der Waals surface area contributed by atoms with Gasteiger partial charge in [0.2, 0.25) is 0 Å². The minimum absolute atomic E-state index is 3.01. The van der Waals surface area contributed by atoms with Crippen LogP contribution in [-0.4, -0.2) is 13.0 Å². The predicted octanol–water partition coefficient (Wildman–Crippen LogP) is -6.10. The zero-order valence-corrected chi connectivity index (χ0v) is 6.25. The van der Waals surface area contributed by atoms with Crippen LogP contribution in [0, 0.1) is 0 Å². The molecule has 0 amide bonds. The van der Waals surface area contributed by atoms with E-state index in [0.717, 1.165) is 0 Å². The smallest absolute Gasteiger partial charge is 0.395 e. The van der Waals surface area contributed by atoms with E-state index in [4.69, 9.17) is 4.55 Å². The maximum atomic E-state index is 9.41. The van der Waals surface area contributed by atoms with Crippen molar-refractivity contribution in [3.05, 3.63) is 0 Å². The number of halogens is 1. The largest absolute Gasteiger partial charge is 0.532 e. The zero-order valence-electron chi connectivity index (χ0n) is 3.27. The van der Waals surface area contributed by atoms with Crippen LogP contribution in [0.15, 0.2) is 0 Å². The van der Waals surface area contributed by atoms with Crippen molar-refractivity contribution in [2.24, 2.45) is 0 Å². The van der Waals surface area contributed by atoms with Gasteiger partial charge in [0.1, 0.15) is 2.51 Å². The highest BCUT2D eigenvalue weighted by Crippen LogP contribution is 1.68. The van der Waals surface area contributed by atoms with E-state index < -0.39 is 31.5 Å². The van der Waals surface area contributed by atoms with Gasteiger partial charge in [-0.05, 0) is 0 Å². The Labute approximate surface area is 54.1 Å². The van der Waals surface area contributed by atoms with Crippen molar-refractivity contribution >= 4 is 10.4 Å². The van der Waals surface area contributed by atoms with E-state index in [0.29, 0.717) is 0 Å². The Bertz CT molecular complexity index is 142. The lowest BCUT2D eigenvalue weighted by atomic mass is 15.8. The minimum Gasteiger partial charge on any atom is -0.395 e. The third-order valence-electron chi connectivity index (χ3n) is 0.131. The number of hydrogen-bond acceptors (Lipinski definition) is 5. The van der Waals surface area contributed by atoms with Crippen molar-refractivity contribution in [2.45, 2.75) is 0 Å². The fraction of sp³-hybridized carbons (Fsp3) is 0. The van der Waals surface area contributed by atoms with Gasteiger partial charge in [-0.15, -0.1) is 0 Å². The summed E-state index contributed by atoms with van der Waals surface area (Å²) >= 11 is -4.28. The van der Waals surface area contributed by atoms with Crippen LogP contribution in [0.4, 0.5) is 0 Å². The molecule has 8 heavy (non-hydrogen) atoms. The molecule has 0 rings (SSSR count). The first-order valence-electron chi connectivity index (χ1n) is 1.15. The van der Waals surface area contributed by atoms with Gasteiger partial charge in [0.25, 0.3) is 0 Å². The van der Waals surface area contributed by atoms with Crippen molar-refractivity contribution in [1.82, 2.24) is 0 Å². The van der Waals surface area contributed by atoms with Gasteiger partial charge in [-0.25, -0.2) is 0 Å². The second kappa shape index (κ2) is 2.89. The molecule has 0 heterocycles. The first kappa shape index (κ1) is 8.52. The summed E-state index contributed by atoms with van der Waals surface area (Å²) in [6.07, 6.45) is 0. The van der Waals surface area contributed by atoms with Gasteiger partial charge in [0.05, 0.1) is 0 Å². The van der Waals surface area contributed by atoms with Gasteiger partial charge in [-0.2, -0.15) is 8.42 Å². The maximum Gasteiger partial charge on any atom is 0.532 e. The zero-order chi connectivity index (χ0) is 6.78. The highest BCUT2D eigenvalue weighted by Gasteiger charge is 2.24. The first-order valence-corrected chi connectivity index (χ1v) is 5.15. The third kappa shape index (κ3) is 6.52. The van der Waals surface area contributed by atoms with Crippen molar-refractivity contribution < 1.29 is 43.4 Å². The molecule has 0 bridgehead atoms. The Hall–Kier alpha value is 0.520. The molecule has 6 nitrogen and oxygen atoms in total. The Balaban J connectivity index is 3.75. The molecule has 1 N–H and O–H groups in total. The lowest BCUT2D eigenvalue weighted by Gasteiger charge is -1.83. The van der Waals surface area contributed by atoms with Crippen LogP contribution >= 0.6 is 0 Å². The highest BCUT2D eigenvalue weighted by atomic mass is 127. The molecular formula is HIO6S. The van der Waals surface area contributed by atoms with Crippen LogP contribution in [0.5, 0.6) is 0 Å². The Kier molecular flexibility index (Phi) is 3.08. The molecule has 0 aromatic heterocycles. The molecule has 0 radical (unpaired) electrons. The summed E-state index contributed by atoms with van der Waals surface area (Å²) in [7, 11) is -4.78. The van der Waals surface area contributed by atoms with Gasteiger partial charge in [-0.3, -0.25) is 4.55 Å². The van der Waals surface area contributed by atoms with Gasteiger partial charge in [0, 0.05) is 0 Å². The van der Waals surface area contributed by atoms with Crippen LogP contribution in [-0.2, 0) is 12.9 Å². The molecule has 0 aliphatic carbocycles. The molecule has 0 unspecified atom stereocenters. The third-order valence-corrected chi connectivity index (χ3v) is 2.64. The summed E-state index contributed by atoms with van der Waals surface area (Å²) in [5.41, 5.74) is 0. The number of hydrogen-bond donors (Lipinski definition) is 1. The van der Waals surface area contributed by atoms with Crippen molar-refractivity contribution in [3.63, 3.8) is 0 Å². The van der Waals surface area contributed by atoms with Crippen LogP contribution in [0.1, 0.15) is 0 Å². The Morgan fingerprint density at radius 2 is 1.88 bits per heavy atom. The van der Waals surface area contributed by atoms with E-state index in [1.807, 2.05) is 0 Å². The lowest BCUT2D eigenvalue weighted by molar-refractivity contribution is -1.62. The summed E-state index contributed by atoms with van der Waals surface area (Å²) in [6.45, 7) is 0. The van der Waals surface area contributed by atoms with Crippen molar-refractivity contribution in [3.8, 4) is 0 Å². The van der Waals surface area contributed by atoms with E-state index >= 15 is 0 Å². The molecule has 0 spiro atoms. The number of rotatable bonds is 2. The van der Waals surface area contributed by atoms with E-state index in [-0.39, 0.29) is 0 Å². The molecule has 0 aromatic carbocycles. The summed E-state index contributed by atoms with van der Waals surface area (Å²) in [6, 6.07) is 0. The summed E-state index contributed by atoms with van der Waals surface area (Å²) in [4.78, 5) is 0. The van der Waals surface area contributed by atoms with Crippen LogP contribution < -0.4 is 27.9 Å². The molecule has 0 saturated heterocycles. The van der Waals surface area contributed by atoms with Crippen molar-refractivity contribution in [2.75, 3.05) is 0 Å². The average molecular weight is 256 g/mol. The molecule has 0 fully saturated rings. The molecule has 0 aliphatic rings. The summed E-state index contributed by atoms with van der Waals surface area (Å²) in [5, 5.41) is 0. The molecule has 0 atom stereocenters. The lowest BCUT2D eigenvalue weighted by Crippen LogP contribution is -3.99. The van der Waals surface area contributed by atoms with E-state index in [9.17, 15) is 15.3 Å². The molecule has 0 aromatic rings. The van der Waals surface area contributed by atoms with Gasteiger partial charge in [-0.1, -0.05) is 0 Å². The monoisotopic (exact) mass is 256 g/mol. The summed E-state index contributed by atoms with van der Waals surface area (Å²) < 4.78 is 48.2. The fourth-order valence-electron chi connectivity index (χ4n) is 0.0650. The molecule has 8 heteroatoms. The van der Waals surface area contributed by atoms with Crippen LogP contribution in [0.2, 0.25) is 0 Å². The summed E-state index contributed by atoms with van der Waals surface area (Å²) in [5.74, 6) is 0. The van der Waals surface area contributed by atoms with E-state index in [1.54, 1.807) is 0 Å². The van der Waals surface area contributed by atoms with E-state index in [2.05, 4.69) is 2.51 Å². The normalized spacial score (nSPS) is 12.5. The molecule has 0 aliphatic heterocycles. The maximum absolute atomic E-state index is 9.41. The topological polar surface area (TPSA) is 110 Å². The molecule has 0 saturated carbocycles. The second-order valence-corrected chi connectivity index (χ2v) is 3.82. The first-order chi connectivity index (χ1) is 3.42. The van der Waals surface area contributed by atoms with Gasteiger partial charge < -0.3 is 6.87 Å². The SMILES string of the molecule is O=S(=O)(O)O[I+2]([O-])[O-]. The van der Waals surface area contributed by atoms with Crippen LogP contribution in [0.25, 0.3) is 0 Å². The predicted molar refractivity (Wildman–Crippen MR) is 12.6 cm³/mol. The van der Waals surface area contributed by atoms with Crippen molar-refractivity contribution in [1.29, 1.82) is 0 Å². The highest BCUT2D eigenvalue weighted by molar-refractivity contribution is 7.80. The molecular weight excluding hydrogens is 255 g/mol. The van der Waals surface area contributed by atoms with E-state index in [1.165, 1.54) is 0 Å².